The van der Waals surface area contributed by atoms with Crippen LogP contribution >= 0.6 is 24.0 Å². The molecular weight excluding hydrogens is 467 g/mol. The molecule has 3 rings (SSSR count). The summed E-state index contributed by atoms with van der Waals surface area (Å²) in [4.78, 5) is 7.37. The highest BCUT2D eigenvalue weighted by Gasteiger charge is 2.24. The number of halogens is 1. The molecule has 1 aromatic rings. The molecule has 3 heterocycles. The number of nitrogens with one attached hydrogen (secondary N) is 2. The lowest BCUT2D eigenvalue weighted by atomic mass is 10.0. The lowest BCUT2D eigenvalue weighted by molar-refractivity contribution is 0.150. The molecule has 0 spiro atoms. The van der Waals surface area contributed by atoms with Gasteiger partial charge in [0.2, 0.25) is 0 Å². The predicted octanol–water partition coefficient (Wildman–Crippen LogP) is 3.28. The number of guanidine groups is 1. The lowest BCUT2D eigenvalue weighted by Gasteiger charge is -2.34. The number of hydrogen-bond donors (Lipinski definition) is 2. The molecule has 0 aliphatic carbocycles. The second kappa shape index (κ2) is 13.4. The second-order valence-corrected chi connectivity index (χ2v) is 7.79. The van der Waals surface area contributed by atoms with Crippen molar-refractivity contribution in [1.82, 2.24) is 15.5 Å². The number of hydrogen-bond acceptors (Lipinski definition) is 4. The monoisotopic (exact) mass is 504 g/mol. The normalized spacial score (nSPS) is 21.5. The van der Waals surface area contributed by atoms with Crippen molar-refractivity contribution in [3.63, 3.8) is 0 Å². The fraction of sp³-hybridized carbons (Fsp3) is 0.762. The summed E-state index contributed by atoms with van der Waals surface area (Å²) in [7, 11) is 0. The maximum atomic E-state index is 5.51. The summed E-state index contributed by atoms with van der Waals surface area (Å²) in [5.41, 5.74) is 0. The number of nitrogens with zero attached hydrogens (tertiary/aromatic N) is 2. The fourth-order valence-electron chi connectivity index (χ4n) is 3.81. The van der Waals surface area contributed by atoms with E-state index in [1.54, 1.807) is 6.26 Å². The topological polar surface area (TPSA) is 62.0 Å². The largest absolute Gasteiger partial charge is 0.469 e. The molecule has 0 saturated carbocycles. The second-order valence-electron chi connectivity index (χ2n) is 7.79. The predicted molar refractivity (Wildman–Crippen MR) is 125 cm³/mol. The zero-order valence-corrected chi connectivity index (χ0v) is 19.5. The van der Waals surface area contributed by atoms with Crippen molar-refractivity contribution in [3.05, 3.63) is 24.2 Å². The third-order valence-corrected chi connectivity index (χ3v) is 5.49. The molecule has 1 atom stereocenters. The smallest absolute Gasteiger partial charge is 0.191 e. The highest BCUT2D eigenvalue weighted by molar-refractivity contribution is 14.0. The first-order valence-corrected chi connectivity index (χ1v) is 10.7. The quantitative estimate of drug-likeness (QED) is 0.234. The molecular formula is C21H37IN4O2. The first-order chi connectivity index (χ1) is 13.3. The Morgan fingerprint density at radius 1 is 1.29 bits per heavy atom. The molecule has 1 unspecified atom stereocenters. The maximum Gasteiger partial charge on any atom is 0.191 e. The summed E-state index contributed by atoms with van der Waals surface area (Å²) < 4.78 is 10.9. The molecule has 2 fully saturated rings. The van der Waals surface area contributed by atoms with E-state index in [1.807, 2.05) is 12.1 Å². The van der Waals surface area contributed by atoms with Gasteiger partial charge in [0.25, 0.3) is 0 Å². The van der Waals surface area contributed by atoms with E-state index in [4.69, 9.17) is 14.1 Å². The molecule has 0 radical (unpaired) electrons. The molecule has 0 aromatic carbocycles. The van der Waals surface area contributed by atoms with E-state index in [0.717, 1.165) is 56.8 Å². The third-order valence-electron chi connectivity index (χ3n) is 5.49. The van der Waals surface area contributed by atoms with Crippen LogP contribution in [0.2, 0.25) is 0 Å². The summed E-state index contributed by atoms with van der Waals surface area (Å²) >= 11 is 0. The van der Waals surface area contributed by atoms with Gasteiger partial charge >= 0.3 is 0 Å². The minimum Gasteiger partial charge on any atom is -0.469 e. The van der Waals surface area contributed by atoms with Gasteiger partial charge in [0.1, 0.15) is 5.76 Å². The number of piperidine rings is 1. The Bertz CT molecular complexity index is 539. The maximum absolute atomic E-state index is 5.51. The molecule has 7 heteroatoms. The van der Waals surface area contributed by atoms with Gasteiger partial charge in [-0.1, -0.05) is 13.3 Å². The van der Waals surface area contributed by atoms with Gasteiger partial charge < -0.3 is 24.7 Å². The molecule has 0 bridgehead atoms. The molecule has 0 amide bonds. The van der Waals surface area contributed by atoms with Crippen molar-refractivity contribution in [2.75, 3.05) is 45.9 Å². The van der Waals surface area contributed by atoms with Gasteiger partial charge in [0.05, 0.1) is 12.9 Å². The standard InChI is InChI=1S/C21H36N4O2.HI/c1-2-3-10-22-21(23-11-6-20-5-4-14-27-20)24-19-7-12-25(13-8-19)16-18-9-15-26-17-18;/h4-5,14,18-19H,2-3,6-13,15-17H2,1H3,(H2,22,23,24);1H. The first kappa shape index (κ1) is 23.5. The molecule has 2 N–H and O–H groups in total. The van der Waals surface area contributed by atoms with E-state index in [9.17, 15) is 0 Å². The summed E-state index contributed by atoms with van der Waals surface area (Å²) in [6.07, 6.45) is 8.50. The van der Waals surface area contributed by atoms with Gasteiger partial charge in [-0.25, -0.2) is 0 Å². The molecule has 2 aliphatic heterocycles. The number of ether oxygens (including phenoxy) is 1. The number of unbranched alkanes of at least 4 members (excludes halogenated alkanes) is 1. The van der Waals surface area contributed by atoms with Gasteiger partial charge in [-0.15, -0.1) is 24.0 Å². The Morgan fingerprint density at radius 2 is 2.14 bits per heavy atom. The highest BCUT2D eigenvalue weighted by Crippen LogP contribution is 2.17. The van der Waals surface area contributed by atoms with Crippen LogP contribution < -0.4 is 10.6 Å². The van der Waals surface area contributed by atoms with E-state index < -0.39 is 0 Å². The Kier molecular flexibility index (Phi) is 11.3. The molecule has 2 saturated heterocycles. The van der Waals surface area contributed by atoms with Crippen molar-refractivity contribution >= 4 is 29.9 Å². The van der Waals surface area contributed by atoms with Crippen molar-refractivity contribution < 1.29 is 9.15 Å². The Hall–Kier alpha value is -0.800. The average molecular weight is 504 g/mol. The van der Waals surface area contributed by atoms with E-state index in [1.165, 1.54) is 45.3 Å². The number of rotatable bonds is 9. The van der Waals surface area contributed by atoms with Gasteiger partial charge in [-0.05, 0) is 43.7 Å². The SMILES string of the molecule is CCCCN=C(NCCc1ccco1)NC1CCN(CC2CCOC2)CC1.I. The van der Waals surface area contributed by atoms with Crippen LogP contribution in [0.5, 0.6) is 0 Å². The van der Waals surface area contributed by atoms with Gasteiger partial charge in [-0.2, -0.15) is 0 Å². The van der Waals surface area contributed by atoms with Crippen LogP contribution in [0.4, 0.5) is 0 Å². The van der Waals surface area contributed by atoms with E-state index in [0.29, 0.717) is 6.04 Å². The van der Waals surface area contributed by atoms with Crippen LogP contribution in [0.15, 0.2) is 27.8 Å². The zero-order valence-electron chi connectivity index (χ0n) is 17.2. The highest BCUT2D eigenvalue weighted by atomic mass is 127. The molecule has 28 heavy (non-hydrogen) atoms. The number of aliphatic imine (C=N–C) groups is 1. The number of likely N-dealkylation sites (tertiary alicyclic amines) is 1. The van der Waals surface area contributed by atoms with Crippen LogP contribution in [0.3, 0.4) is 0 Å². The van der Waals surface area contributed by atoms with Crippen LogP contribution in [0.1, 0.15) is 44.8 Å². The van der Waals surface area contributed by atoms with Crippen LogP contribution in [0.25, 0.3) is 0 Å². The summed E-state index contributed by atoms with van der Waals surface area (Å²) in [5.74, 6) is 2.71. The molecule has 160 valence electrons. The molecule has 6 nitrogen and oxygen atoms in total. The van der Waals surface area contributed by atoms with Gasteiger partial charge in [0.15, 0.2) is 5.96 Å². The van der Waals surface area contributed by atoms with E-state index >= 15 is 0 Å². The lowest BCUT2D eigenvalue weighted by Crippen LogP contribution is -2.49. The summed E-state index contributed by atoms with van der Waals surface area (Å²) in [6.45, 7) is 9.37. The summed E-state index contributed by atoms with van der Waals surface area (Å²) in [6, 6.07) is 4.47. The number of furan rings is 1. The van der Waals surface area contributed by atoms with Gasteiger partial charge in [0, 0.05) is 51.8 Å². The third kappa shape index (κ3) is 8.29. The van der Waals surface area contributed by atoms with Crippen molar-refractivity contribution in [2.24, 2.45) is 10.9 Å². The van der Waals surface area contributed by atoms with Crippen LogP contribution in [0, 0.1) is 5.92 Å². The van der Waals surface area contributed by atoms with Crippen LogP contribution in [-0.4, -0.2) is 62.8 Å². The van der Waals surface area contributed by atoms with E-state index in [-0.39, 0.29) is 24.0 Å². The fourth-order valence-corrected chi connectivity index (χ4v) is 3.81. The zero-order chi connectivity index (χ0) is 18.7. The minimum atomic E-state index is 0. The summed E-state index contributed by atoms with van der Waals surface area (Å²) in [5, 5.41) is 7.15. The molecule has 1 aromatic heterocycles. The van der Waals surface area contributed by atoms with Gasteiger partial charge in [-0.3, -0.25) is 4.99 Å². The van der Waals surface area contributed by atoms with E-state index in [2.05, 4.69) is 22.5 Å². The van der Waals surface area contributed by atoms with Crippen molar-refractivity contribution in [1.29, 1.82) is 0 Å². The van der Waals surface area contributed by atoms with Crippen molar-refractivity contribution in [3.8, 4) is 0 Å². The molecule has 2 aliphatic rings. The van der Waals surface area contributed by atoms with Crippen molar-refractivity contribution in [2.45, 2.75) is 51.5 Å². The first-order valence-electron chi connectivity index (χ1n) is 10.7. The minimum absolute atomic E-state index is 0. The average Bonchev–Trinajstić information content (AvgIpc) is 3.37. The Morgan fingerprint density at radius 3 is 2.82 bits per heavy atom. The Balaban J connectivity index is 0.00000280. The van der Waals surface area contributed by atoms with Crippen LogP contribution in [-0.2, 0) is 11.2 Å². The Labute approximate surface area is 186 Å².